The molecule has 0 aliphatic carbocycles. The summed E-state index contributed by atoms with van der Waals surface area (Å²) in [6, 6.07) is 14.3. The molecule has 0 fully saturated rings. The Kier molecular flexibility index (Phi) is 5.12. The molecule has 0 aliphatic heterocycles. The van der Waals surface area contributed by atoms with E-state index in [1.165, 1.54) is 19.5 Å². The van der Waals surface area contributed by atoms with Crippen molar-refractivity contribution in [2.24, 2.45) is 0 Å². The minimum Gasteiger partial charge on any atom is -0.507 e. The van der Waals surface area contributed by atoms with E-state index in [1.54, 1.807) is 19.2 Å². The van der Waals surface area contributed by atoms with Gasteiger partial charge in [0.2, 0.25) is 0 Å². The van der Waals surface area contributed by atoms with Gasteiger partial charge in [-0.2, -0.15) is 0 Å². The predicted octanol–water partition coefficient (Wildman–Crippen LogP) is 3.24. The van der Waals surface area contributed by atoms with Crippen LogP contribution in [-0.4, -0.2) is 35.3 Å². The van der Waals surface area contributed by atoms with E-state index in [4.69, 9.17) is 4.74 Å². The Morgan fingerprint density at radius 1 is 1.08 bits per heavy atom. The number of esters is 1. The summed E-state index contributed by atoms with van der Waals surface area (Å²) in [5.41, 5.74) is 3.36. The molecule has 0 aliphatic rings. The molecule has 26 heavy (non-hydrogen) atoms. The Bertz CT molecular complexity index is 941. The first-order chi connectivity index (χ1) is 12.6. The lowest BCUT2D eigenvalue weighted by molar-refractivity contribution is 0.0597. The smallest absolute Gasteiger partial charge is 0.341 e. The Morgan fingerprint density at radius 3 is 2.65 bits per heavy atom. The number of nitrogens with zero attached hydrogens (tertiary/aromatic N) is 2. The van der Waals surface area contributed by atoms with Crippen LogP contribution >= 0.6 is 0 Å². The Balaban J connectivity index is 1.91. The Hall–Kier alpha value is -3.41. The summed E-state index contributed by atoms with van der Waals surface area (Å²) in [7, 11) is 2.89. The molecule has 132 valence electrons. The number of benzene rings is 2. The van der Waals surface area contributed by atoms with E-state index in [2.05, 4.69) is 14.7 Å². The van der Waals surface area contributed by atoms with E-state index in [9.17, 15) is 9.90 Å². The number of para-hydroxylation sites is 1. The zero-order valence-corrected chi connectivity index (χ0v) is 14.5. The van der Waals surface area contributed by atoms with Crippen molar-refractivity contribution in [2.75, 3.05) is 14.2 Å². The van der Waals surface area contributed by atoms with Gasteiger partial charge in [-0.15, -0.1) is 0 Å². The van der Waals surface area contributed by atoms with Gasteiger partial charge in [0.1, 0.15) is 23.4 Å². The van der Waals surface area contributed by atoms with E-state index >= 15 is 0 Å². The molecule has 1 N–H and O–H groups in total. The zero-order valence-electron chi connectivity index (χ0n) is 14.5. The van der Waals surface area contributed by atoms with Crippen LogP contribution in [-0.2, 0) is 11.2 Å². The fourth-order valence-corrected chi connectivity index (χ4v) is 2.67. The van der Waals surface area contributed by atoms with Crippen LogP contribution in [0.15, 0.2) is 54.9 Å². The van der Waals surface area contributed by atoms with Crippen molar-refractivity contribution in [3.05, 3.63) is 71.7 Å². The molecule has 6 heteroatoms. The Labute approximate surface area is 151 Å². The third-order valence-electron chi connectivity index (χ3n) is 3.96. The summed E-state index contributed by atoms with van der Waals surface area (Å²) in [5, 5.41) is 9.81. The molecule has 0 saturated heterocycles. The van der Waals surface area contributed by atoms with Crippen molar-refractivity contribution < 1.29 is 19.4 Å². The fraction of sp³-hybridized carbons (Fsp3) is 0.150. The van der Waals surface area contributed by atoms with Crippen molar-refractivity contribution in [1.82, 2.24) is 9.97 Å². The van der Waals surface area contributed by atoms with Gasteiger partial charge in [-0.05, 0) is 35.9 Å². The van der Waals surface area contributed by atoms with Crippen LogP contribution in [0.3, 0.4) is 0 Å². The molecular weight excluding hydrogens is 332 g/mol. The highest BCUT2D eigenvalue weighted by Gasteiger charge is 2.13. The van der Waals surface area contributed by atoms with Crippen LogP contribution in [0.2, 0.25) is 0 Å². The fourth-order valence-electron chi connectivity index (χ4n) is 2.67. The van der Waals surface area contributed by atoms with E-state index in [1.807, 2.05) is 30.3 Å². The molecule has 0 atom stereocenters. The molecule has 3 aromatic rings. The maximum atomic E-state index is 11.7. The number of aromatic nitrogens is 2. The molecule has 0 amide bonds. The number of aromatic hydroxyl groups is 1. The predicted molar refractivity (Wildman–Crippen MR) is 96.3 cm³/mol. The number of phenolic OH excluding ortho intramolecular Hbond substituents is 1. The minimum absolute atomic E-state index is 0.113. The van der Waals surface area contributed by atoms with Crippen LogP contribution in [0.25, 0.3) is 11.3 Å². The second-order valence-electron chi connectivity index (χ2n) is 5.61. The van der Waals surface area contributed by atoms with Gasteiger partial charge in [-0.25, -0.2) is 14.8 Å². The molecular formula is C20H18N2O4. The summed E-state index contributed by atoms with van der Waals surface area (Å²) in [6.45, 7) is 0. The molecule has 2 aromatic carbocycles. The number of carbonyl (C=O) groups excluding carboxylic acids is 1. The molecule has 0 radical (unpaired) electrons. The van der Waals surface area contributed by atoms with E-state index in [0.29, 0.717) is 6.42 Å². The molecule has 1 aromatic heterocycles. The van der Waals surface area contributed by atoms with Crippen LogP contribution in [0.5, 0.6) is 11.5 Å². The summed E-state index contributed by atoms with van der Waals surface area (Å²) in [4.78, 5) is 20.4. The minimum atomic E-state index is -0.582. The first kappa shape index (κ1) is 17.4. The molecule has 1 heterocycles. The maximum absolute atomic E-state index is 11.7. The largest absolute Gasteiger partial charge is 0.507 e. The number of rotatable bonds is 5. The SMILES string of the molecule is COC(=O)c1cc(Cc2cc(-c3ccccc3OC)ncn2)ccc1O. The van der Waals surface area contributed by atoms with Crippen molar-refractivity contribution in [2.45, 2.75) is 6.42 Å². The lowest BCUT2D eigenvalue weighted by Gasteiger charge is -2.09. The van der Waals surface area contributed by atoms with Crippen LogP contribution in [0.4, 0.5) is 0 Å². The normalized spacial score (nSPS) is 10.4. The van der Waals surface area contributed by atoms with E-state index in [-0.39, 0.29) is 11.3 Å². The first-order valence-corrected chi connectivity index (χ1v) is 7.97. The third kappa shape index (κ3) is 3.64. The van der Waals surface area contributed by atoms with Crippen molar-refractivity contribution in [1.29, 1.82) is 0 Å². The van der Waals surface area contributed by atoms with Crippen molar-refractivity contribution in [3.8, 4) is 22.8 Å². The quantitative estimate of drug-likeness (QED) is 0.712. The highest BCUT2D eigenvalue weighted by atomic mass is 16.5. The second-order valence-corrected chi connectivity index (χ2v) is 5.61. The molecule has 3 rings (SSSR count). The average Bonchev–Trinajstić information content (AvgIpc) is 2.69. The van der Waals surface area contributed by atoms with Gasteiger partial charge >= 0.3 is 5.97 Å². The van der Waals surface area contributed by atoms with Gasteiger partial charge in [0, 0.05) is 17.7 Å². The van der Waals surface area contributed by atoms with Crippen LogP contribution in [0.1, 0.15) is 21.6 Å². The van der Waals surface area contributed by atoms with Gasteiger partial charge in [0.05, 0.1) is 19.9 Å². The highest BCUT2D eigenvalue weighted by Crippen LogP contribution is 2.28. The Morgan fingerprint density at radius 2 is 1.88 bits per heavy atom. The van der Waals surface area contributed by atoms with Gasteiger partial charge < -0.3 is 14.6 Å². The highest BCUT2D eigenvalue weighted by molar-refractivity contribution is 5.92. The van der Waals surface area contributed by atoms with Gasteiger partial charge in [-0.1, -0.05) is 18.2 Å². The number of hydrogen-bond acceptors (Lipinski definition) is 6. The molecule has 0 bridgehead atoms. The summed E-state index contributed by atoms with van der Waals surface area (Å²) < 4.78 is 10.1. The molecule has 0 spiro atoms. The topological polar surface area (TPSA) is 81.5 Å². The summed E-state index contributed by atoms with van der Waals surface area (Å²) in [6.07, 6.45) is 1.98. The monoisotopic (exact) mass is 350 g/mol. The van der Waals surface area contributed by atoms with Gasteiger partial charge in [0.15, 0.2) is 0 Å². The van der Waals surface area contributed by atoms with Gasteiger partial charge in [0.25, 0.3) is 0 Å². The van der Waals surface area contributed by atoms with E-state index < -0.39 is 5.97 Å². The third-order valence-corrected chi connectivity index (χ3v) is 3.96. The molecule has 0 unspecified atom stereocenters. The van der Waals surface area contributed by atoms with Crippen LogP contribution < -0.4 is 4.74 Å². The van der Waals surface area contributed by atoms with E-state index in [0.717, 1.165) is 28.3 Å². The van der Waals surface area contributed by atoms with Crippen LogP contribution in [0, 0.1) is 0 Å². The van der Waals surface area contributed by atoms with Crippen molar-refractivity contribution >= 4 is 5.97 Å². The molecule has 0 saturated carbocycles. The zero-order chi connectivity index (χ0) is 18.5. The summed E-state index contributed by atoms with van der Waals surface area (Å²) in [5.74, 6) is 0.0366. The average molecular weight is 350 g/mol. The number of methoxy groups -OCH3 is 2. The maximum Gasteiger partial charge on any atom is 0.341 e. The number of hydrogen-bond donors (Lipinski definition) is 1. The lowest BCUT2D eigenvalue weighted by Crippen LogP contribution is -2.03. The number of carbonyl (C=O) groups is 1. The lowest BCUT2D eigenvalue weighted by atomic mass is 10.0. The number of phenols is 1. The number of ether oxygens (including phenoxy) is 2. The van der Waals surface area contributed by atoms with Crippen molar-refractivity contribution in [3.63, 3.8) is 0 Å². The summed E-state index contributed by atoms with van der Waals surface area (Å²) >= 11 is 0. The van der Waals surface area contributed by atoms with Gasteiger partial charge in [-0.3, -0.25) is 0 Å². The standard InChI is InChI=1S/C20H18N2O4/c1-25-19-6-4-3-5-15(19)17-11-14(21-12-22-17)9-13-7-8-18(23)16(10-13)20(24)26-2/h3-8,10-12,23H,9H2,1-2H3. The first-order valence-electron chi connectivity index (χ1n) is 7.97. The molecule has 6 nitrogen and oxygen atoms in total. The second kappa shape index (κ2) is 7.65.